The quantitative estimate of drug-likeness (QED) is 0.314. The number of hydrogen-bond acceptors (Lipinski definition) is 7. The van der Waals surface area contributed by atoms with Crippen LogP contribution in [0.2, 0.25) is 5.02 Å². The fourth-order valence-corrected chi connectivity index (χ4v) is 5.13. The molecule has 0 radical (unpaired) electrons. The van der Waals surface area contributed by atoms with Crippen molar-refractivity contribution in [3.63, 3.8) is 0 Å². The number of nitrogens with zero attached hydrogens (tertiary/aromatic N) is 4. The maximum Gasteiger partial charge on any atom is 0.275 e. The highest BCUT2D eigenvalue weighted by molar-refractivity contribution is 7.98. The average molecular weight is 468 g/mol. The van der Waals surface area contributed by atoms with Gasteiger partial charge >= 0.3 is 0 Å². The van der Waals surface area contributed by atoms with E-state index in [4.69, 9.17) is 11.6 Å². The molecule has 1 N–H and O–H groups in total. The lowest BCUT2D eigenvalue weighted by atomic mass is 9.85. The molecule has 0 unspecified atom stereocenters. The Balaban J connectivity index is 1.56. The summed E-state index contributed by atoms with van der Waals surface area (Å²) in [5, 5.41) is 20.8. The molecular formula is C22H18ClN5O3S. The highest BCUT2D eigenvalue weighted by Crippen LogP contribution is 2.43. The number of aromatic nitrogens is 3. The van der Waals surface area contributed by atoms with Gasteiger partial charge in [-0.2, -0.15) is 4.98 Å². The van der Waals surface area contributed by atoms with Crippen molar-refractivity contribution in [1.82, 2.24) is 14.8 Å². The number of allylic oxidation sites excluding steroid dienone is 2. The molecule has 0 saturated heterocycles. The first-order chi connectivity index (χ1) is 15.5. The monoisotopic (exact) mass is 467 g/mol. The number of fused-ring (bicyclic) bond motifs is 1. The van der Waals surface area contributed by atoms with Gasteiger partial charge < -0.3 is 5.32 Å². The number of Topliss-reactive ketones (excluding diaryl/α,β-unsaturated/α-hetero) is 1. The van der Waals surface area contributed by atoms with Crippen LogP contribution in [0.3, 0.4) is 0 Å². The van der Waals surface area contributed by atoms with Gasteiger partial charge in [0.25, 0.3) is 5.69 Å². The minimum Gasteiger partial charge on any atom is -0.328 e. The van der Waals surface area contributed by atoms with Gasteiger partial charge in [0.2, 0.25) is 11.1 Å². The predicted molar refractivity (Wildman–Crippen MR) is 122 cm³/mol. The molecule has 10 heteroatoms. The zero-order valence-corrected chi connectivity index (χ0v) is 18.4. The van der Waals surface area contributed by atoms with E-state index in [9.17, 15) is 14.9 Å². The smallest absolute Gasteiger partial charge is 0.275 e. The fraction of sp³-hybridized carbons (Fsp3) is 0.227. The molecule has 8 nitrogen and oxygen atoms in total. The van der Waals surface area contributed by atoms with Gasteiger partial charge in [-0.15, -0.1) is 5.10 Å². The van der Waals surface area contributed by atoms with Gasteiger partial charge in [0, 0.05) is 34.5 Å². The number of para-hydroxylation sites is 1. The average Bonchev–Trinajstić information content (AvgIpc) is 3.19. The summed E-state index contributed by atoms with van der Waals surface area (Å²) in [5.74, 6) is 1.08. The standard InChI is InChI=1S/C22H18ClN5O3S/c23-14-6-3-5-13(11-14)12-32-22-25-21-24-16-8-4-10-18(29)19(16)20(27(21)26-22)15-7-1-2-9-17(15)28(30)31/h1-3,5-7,9,11,20H,4,8,10,12H2,(H,24,25,26)/t20-/m0/s1. The highest BCUT2D eigenvalue weighted by atomic mass is 35.5. The van der Waals surface area contributed by atoms with Gasteiger partial charge in [0.05, 0.1) is 10.5 Å². The van der Waals surface area contributed by atoms with Crippen LogP contribution in [0.1, 0.15) is 36.4 Å². The lowest BCUT2D eigenvalue weighted by Gasteiger charge is -2.31. The molecule has 1 aliphatic heterocycles. The first-order valence-electron chi connectivity index (χ1n) is 10.1. The van der Waals surface area contributed by atoms with Crippen LogP contribution in [0.4, 0.5) is 11.6 Å². The second-order valence-corrected chi connectivity index (χ2v) is 8.97. The summed E-state index contributed by atoms with van der Waals surface area (Å²) in [6.45, 7) is 0. The van der Waals surface area contributed by atoms with Crippen LogP contribution in [-0.4, -0.2) is 25.5 Å². The number of carbonyl (C=O) groups excluding carboxylic acids is 1. The van der Waals surface area contributed by atoms with Gasteiger partial charge in [0.1, 0.15) is 6.04 Å². The Morgan fingerprint density at radius 2 is 2.06 bits per heavy atom. The molecule has 1 atom stereocenters. The third-order valence-electron chi connectivity index (χ3n) is 5.53. The van der Waals surface area contributed by atoms with Crippen LogP contribution in [0.25, 0.3) is 0 Å². The number of nitrogens with one attached hydrogen (secondary N) is 1. The third-order valence-corrected chi connectivity index (χ3v) is 6.68. The summed E-state index contributed by atoms with van der Waals surface area (Å²) >= 11 is 7.51. The molecule has 1 aliphatic carbocycles. The summed E-state index contributed by atoms with van der Waals surface area (Å²) in [6, 6.07) is 13.4. The molecule has 1 aromatic heterocycles. The predicted octanol–water partition coefficient (Wildman–Crippen LogP) is 5.15. The van der Waals surface area contributed by atoms with E-state index in [1.165, 1.54) is 17.8 Å². The van der Waals surface area contributed by atoms with E-state index in [0.717, 1.165) is 17.7 Å². The Kier molecular flexibility index (Phi) is 5.44. The lowest BCUT2D eigenvalue weighted by Crippen LogP contribution is -2.31. The Morgan fingerprint density at radius 1 is 1.22 bits per heavy atom. The van der Waals surface area contributed by atoms with Crippen molar-refractivity contribution in [2.24, 2.45) is 0 Å². The molecule has 0 fully saturated rings. The van der Waals surface area contributed by atoms with Crippen molar-refractivity contribution in [1.29, 1.82) is 0 Å². The summed E-state index contributed by atoms with van der Waals surface area (Å²) < 4.78 is 1.60. The van der Waals surface area contributed by atoms with E-state index in [1.54, 1.807) is 22.9 Å². The number of rotatable bonds is 5. The van der Waals surface area contributed by atoms with Gasteiger partial charge in [-0.3, -0.25) is 14.9 Å². The van der Waals surface area contributed by atoms with Gasteiger partial charge in [-0.1, -0.05) is 47.6 Å². The second kappa shape index (κ2) is 8.40. The lowest BCUT2D eigenvalue weighted by molar-refractivity contribution is -0.385. The zero-order chi connectivity index (χ0) is 22.2. The van der Waals surface area contributed by atoms with E-state index in [0.29, 0.717) is 45.9 Å². The molecule has 3 aromatic rings. The first kappa shape index (κ1) is 20.7. The molecule has 162 valence electrons. The maximum absolute atomic E-state index is 12.9. The van der Waals surface area contributed by atoms with Crippen molar-refractivity contribution in [3.05, 3.63) is 86.1 Å². The number of nitro groups is 1. The Bertz CT molecular complexity index is 1270. The van der Waals surface area contributed by atoms with E-state index < -0.39 is 11.0 Å². The van der Waals surface area contributed by atoms with Crippen LogP contribution in [0.15, 0.2) is 65.0 Å². The van der Waals surface area contributed by atoms with Crippen molar-refractivity contribution < 1.29 is 9.72 Å². The Hall–Kier alpha value is -3.17. The van der Waals surface area contributed by atoms with Crippen molar-refractivity contribution in [3.8, 4) is 0 Å². The summed E-state index contributed by atoms with van der Waals surface area (Å²) in [6.07, 6.45) is 1.84. The van der Waals surface area contributed by atoms with Gasteiger partial charge in [-0.25, -0.2) is 4.68 Å². The summed E-state index contributed by atoms with van der Waals surface area (Å²) in [4.78, 5) is 28.8. The highest BCUT2D eigenvalue weighted by Gasteiger charge is 2.39. The summed E-state index contributed by atoms with van der Waals surface area (Å²) in [5.41, 5.74) is 2.73. The molecule has 2 heterocycles. The van der Waals surface area contributed by atoms with E-state index in [2.05, 4.69) is 15.4 Å². The Morgan fingerprint density at radius 3 is 2.88 bits per heavy atom. The zero-order valence-electron chi connectivity index (χ0n) is 16.8. The van der Waals surface area contributed by atoms with E-state index in [-0.39, 0.29) is 11.5 Å². The molecule has 0 spiro atoms. The third kappa shape index (κ3) is 3.78. The second-order valence-electron chi connectivity index (χ2n) is 7.59. The molecule has 2 aliphatic rings. The molecule has 2 aromatic carbocycles. The number of anilines is 1. The molecule has 0 saturated carbocycles. The van der Waals surface area contributed by atoms with Crippen molar-refractivity contribution in [2.75, 3.05) is 5.32 Å². The van der Waals surface area contributed by atoms with Gasteiger partial charge in [0.15, 0.2) is 5.78 Å². The van der Waals surface area contributed by atoms with Crippen LogP contribution in [0, 0.1) is 10.1 Å². The number of hydrogen-bond donors (Lipinski definition) is 1. The maximum atomic E-state index is 12.9. The van der Waals surface area contributed by atoms with Crippen LogP contribution >= 0.6 is 23.4 Å². The van der Waals surface area contributed by atoms with Crippen LogP contribution < -0.4 is 5.32 Å². The largest absolute Gasteiger partial charge is 0.328 e. The first-order valence-corrected chi connectivity index (χ1v) is 11.5. The van der Waals surface area contributed by atoms with E-state index in [1.807, 2.05) is 24.3 Å². The summed E-state index contributed by atoms with van der Waals surface area (Å²) in [7, 11) is 0. The van der Waals surface area contributed by atoms with E-state index >= 15 is 0 Å². The molecule has 32 heavy (non-hydrogen) atoms. The SMILES string of the molecule is O=C1CCCC2=C1[C@H](c1ccccc1[N+](=O)[O-])n1nc(SCc3cccc(Cl)c3)nc1N2. The minimum absolute atomic E-state index is 0.0174. The minimum atomic E-state index is -0.691. The van der Waals surface area contributed by atoms with Crippen LogP contribution in [0.5, 0.6) is 0 Å². The molecule has 0 amide bonds. The fourth-order valence-electron chi connectivity index (χ4n) is 4.14. The topological polar surface area (TPSA) is 103 Å². The molecular weight excluding hydrogens is 450 g/mol. The van der Waals surface area contributed by atoms with Crippen LogP contribution in [-0.2, 0) is 10.5 Å². The number of benzene rings is 2. The number of thioether (sulfide) groups is 1. The number of nitro benzene ring substituents is 1. The number of ketones is 1. The van der Waals surface area contributed by atoms with Gasteiger partial charge in [-0.05, 0) is 36.6 Å². The molecule has 0 bridgehead atoms. The Labute approximate surface area is 192 Å². The van der Waals surface area contributed by atoms with Crippen molar-refractivity contribution >= 4 is 40.8 Å². The number of carbonyl (C=O) groups is 1. The normalized spacial score (nSPS) is 17.5. The molecule has 5 rings (SSSR count). The number of halogens is 1. The van der Waals surface area contributed by atoms with Crippen molar-refractivity contribution in [2.45, 2.75) is 36.2 Å².